The molecule has 3 aromatic rings. The summed E-state index contributed by atoms with van der Waals surface area (Å²) in [7, 11) is 1.77. The summed E-state index contributed by atoms with van der Waals surface area (Å²) in [6.07, 6.45) is 2.19. The second kappa shape index (κ2) is 7.53. The van der Waals surface area contributed by atoms with Crippen molar-refractivity contribution in [2.45, 2.75) is 19.8 Å². The van der Waals surface area contributed by atoms with Gasteiger partial charge >= 0.3 is 0 Å². The van der Waals surface area contributed by atoms with Crippen molar-refractivity contribution >= 4 is 16.7 Å². The minimum atomic E-state index is 0.203. The molecule has 2 heterocycles. The van der Waals surface area contributed by atoms with E-state index in [9.17, 15) is 5.11 Å². The Hall–Kier alpha value is -2.66. The smallest absolute Gasteiger partial charge is 0.165 e. The number of rotatable bonds is 4. The van der Waals surface area contributed by atoms with E-state index in [4.69, 9.17) is 14.7 Å². The van der Waals surface area contributed by atoms with E-state index in [1.54, 1.807) is 13.2 Å². The highest BCUT2D eigenvalue weighted by Crippen LogP contribution is 2.33. The standard InChI is InChI=1S/C22H25N3O2/c1-15-7-8-17-19(13-15)23-21(18-5-3-4-6-20(18)26)24-22(17)25-11-9-16(10-12-25)14-27-2/h3-8,13,16,26H,9-12,14H2,1-2H3. The van der Waals surface area contributed by atoms with Crippen LogP contribution in [0.4, 0.5) is 5.82 Å². The fourth-order valence-corrected chi connectivity index (χ4v) is 3.79. The van der Waals surface area contributed by atoms with Crippen LogP contribution in [-0.4, -0.2) is 41.9 Å². The molecule has 1 aliphatic heterocycles. The van der Waals surface area contributed by atoms with Gasteiger partial charge in [-0.3, -0.25) is 0 Å². The minimum absolute atomic E-state index is 0.203. The number of phenols is 1. The number of nitrogens with zero attached hydrogens (tertiary/aromatic N) is 3. The van der Waals surface area contributed by atoms with Crippen LogP contribution in [0.1, 0.15) is 18.4 Å². The van der Waals surface area contributed by atoms with Gasteiger partial charge in [0.1, 0.15) is 11.6 Å². The maximum atomic E-state index is 10.3. The highest BCUT2D eigenvalue weighted by atomic mass is 16.5. The molecule has 1 fully saturated rings. The summed E-state index contributed by atoms with van der Waals surface area (Å²) in [6, 6.07) is 13.5. The molecule has 5 nitrogen and oxygen atoms in total. The van der Waals surface area contributed by atoms with Gasteiger partial charge in [0.05, 0.1) is 11.1 Å². The molecule has 1 aromatic heterocycles. The minimum Gasteiger partial charge on any atom is -0.507 e. The summed E-state index contributed by atoms with van der Waals surface area (Å²) < 4.78 is 5.32. The van der Waals surface area contributed by atoms with Gasteiger partial charge in [0.15, 0.2) is 5.82 Å². The van der Waals surface area contributed by atoms with Crippen molar-refractivity contribution in [3.8, 4) is 17.1 Å². The van der Waals surface area contributed by atoms with Crippen LogP contribution in [0.25, 0.3) is 22.3 Å². The van der Waals surface area contributed by atoms with Gasteiger partial charge in [0.2, 0.25) is 0 Å². The molecule has 0 atom stereocenters. The number of aryl methyl sites for hydroxylation is 1. The molecule has 5 heteroatoms. The first-order chi connectivity index (χ1) is 13.2. The maximum absolute atomic E-state index is 10.3. The molecule has 0 bridgehead atoms. The first-order valence-electron chi connectivity index (χ1n) is 9.46. The van der Waals surface area contributed by atoms with E-state index in [1.807, 2.05) is 18.2 Å². The van der Waals surface area contributed by atoms with Crippen molar-refractivity contribution in [1.82, 2.24) is 9.97 Å². The van der Waals surface area contributed by atoms with Crippen LogP contribution < -0.4 is 4.90 Å². The van der Waals surface area contributed by atoms with Gasteiger partial charge in [0, 0.05) is 32.2 Å². The number of fused-ring (bicyclic) bond motifs is 1. The molecule has 1 aliphatic rings. The quantitative estimate of drug-likeness (QED) is 0.754. The number of aromatic hydroxyl groups is 1. The number of benzene rings is 2. The van der Waals surface area contributed by atoms with E-state index in [-0.39, 0.29) is 5.75 Å². The maximum Gasteiger partial charge on any atom is 0.165 e. The van der Waals surface area contributed by atoms with Crippen molar-refractivity contribution in [2.75, 3.05) is 31.7 Å². The predicted octanol–water partition coefficient (Wildman–Crippen LogP) is 4.17. The van der Waals surface area contributed by atoms with Crippen LogP contribution in [0.3, 0.4) is 0 Å². The number of piperidine rings is 1. The molecule has 0 amide bonds. The van der Waals surface area contributed by atoms with Crippen LogP contribution in [0.2, 0.25) is 0 Å². The van der Waals surface area contributed by atoms with Gasteiger partial charge < -0.3 is 14.7 Å². The highest BCUT2D eigenvalue weighted by Gasteiger charge is 2.23. The molecule has 0 radical (unpaired) electrons. The summed E-state index contributed by atoms with van der Waals surface area (Å²) in [5.41, 5.74) is 2.74. The summed E-state index contributed by atoms with van der Waals surface area (Å²) in [6.45, 7) is 4.79. The number of para-hydroxylation sites is 1. The van der Waals surface area contributed by atoms with E-state index in [0.29, 0.717) is 17.3 Å². The third kappa shape index (κ3) is 3.60. The van der Waals surface area contributed by atoms with E-state index < -0.39 is 0 Å². The zero-order valence-electron chi connectivity index (χ0n) is 15.9. The SMILES string of the molecule is COCC1CCN(c2nc(-c3ccccc3O)nc3cc(C)ccc23)CC1. The van der Waals surface area contributed by atoms with E-state index in [2.05, 4.69) is 30.0 Å². The Balaban J connectivity index is 1.78. The van der Waals surface area contributed by atoms with Gasteiger partial charge in [-0.2, -0.15) is 0 Å². The summed E-state index contributed by atoms with van der Waals surface area (Å²) >= 11 is 0. The molecule has 0 spiro atoms. The zero-order valence-corrected chi connectivity index (χ0v) is 15.9. The molecule has 0 saturated carbocycles. The second-order valence-corrected chi connectivity index (χ2v) is 7.29. The van der Waals surface area contributed by atoms with Crippen molar-refractivity contribution in [1.29, 1.82) is 0 Å². The van der Waals surface area contributed by atoms with Gasteiger partial charge in [-0.15, -0.1) is 0 Å². The average Bonchev–Trinajstić information content (AvgIpc) is 2.68. The molecule has 1 N–H and O–H groups in total. The van der Waals surface area contributed by atoms with Gasteiger partial charge in [-0.05, 0) is 55.5 Å². The topological polar surface area (TPSA) is 58.5 Å². The van der Waals surface area contributed by atoms with Crippen molar-refractivity contribution in [2.24, 2.45) is 5.92 Å². The monoisotopic (exact) mass is 363 g/mol. The molecule has 0 aliphatic carbocycles. The summed E-state index contributed by atoms with van der Waals surface area (Å²) in [5.74, 6) is 2.34. The van der Waals surface area contributed by atoms with Crippen molar-refractivity contribution in [3.63, 3.8) is 0 Å². The number of ether oxygens (including phenoxy) is 1. The lowest BCUT2D eigenvalue weighted by molar-refractivity contribution is 0.139. The average molecular weight is 363 g/mol. The third-order valence-corrected chi connectivity index (χ3v) is 5.29. The molecule has 4 rings (SSSR count). The first kappa shape index (κ1) is 17.7. The lowest BCUT2D eigenvalue weighted by atomic mass is 9.97. The largest absolute Gasteiger partial charge is 0.507 e. The molecular formula is C22H25N3O2. The van der Waals surface area contributed by atoms with Crippen LogP contribution >= 0.6 is 0 Å². The Kier molecular flexibility index (Phi) is 4.94. The third-order valence-electron chi connectivity index (χ3n) is 5.29. The first-order valence-corrected chi connectivity index (χ1v) is 9.46. The van der Waals surface area contributed by atoms with E-state index in [1.165, 1.54) is 0 Å². The highest BCUT2D eigenvalue weighted by molar-refractivity contribution is 5.91. The van der Waals surface area contributed by atoms with E-state index >= 15 is 0 Å². The number of methoxy groups -OCH3 is 1. The molecule has 140 valence electrons. The Morgan fingerprint density at radius 2 is 1.89 bits per heavy atom. The zero-order chi connectivity index (χ0) is 18.8. The van der Waals surface area contributed by atoms with E-state index in [0.717, 1.165) is 54.8 Å². The van der Waals surface area contributed by atoms with Crippen LogP contribution in [0.5, 0.6) is 5.75 Å². The number of aromatic nitrogens is 2. The Morgan fingerprint density at radius 3 is 2.63 bits per heavy atom. The van der Waals surface area contributed by atoms with Crippen LogP contribution in [0, 0.1) is 12.8 Å². The fraction of sp³-hybridized carbons (Fsp3) is 0.364. The van der Waals surface area contributed by atoms with Gasteiger partial charge in [-0.25, -0.2) is 9.97 Å². The fourth-order valence-electron chi connectivity index (χ4n) is 3.79. The number of anilines is 1. The predicted molar refractivity (Wildman–Crippen MR) is 108 cm³/mol. The molecule has 0 unspecified atom stereocenters. The summed E-state index contributed by atoms with van der Waals surface area (Å²) in [5, 5.41) is 11.3. The Morgan fingerprint density at radius 1 is 1.11 bits per heavy atom. The number of hydrogen-bond donors (Lipinski definition) is 1. The van der Waals surface area contributed by atoms with Crippen LogP contribution in [-0.2, 0) is 4.74 Å². The van der Waals surface area contributed by atoms with Crippen molar-refractivity contribution < 1.29 is 9.84 Å². The molecular weight excluding hydrogens is 338 g/mol. The lowest BCUT2D eigenvalue weighted by Crippen LogP contribution is -2.35. The molecule has 1 saturated heterocycles. The number of hydrogen-bond acceptors (Lipinski definition) is 5. The second-order valence-electron chi connectivity index (χ2n) is 7.29. The Labute approximate surface area is 159 Å². The molecule has 27 heavy (non-hydrogen) atoms. The normalized spacial score (nSPS) is 15.4. The Bertz CT molecular complexity index is 949. The van der Waals surface area contributed by atoms with Gasteiger partial charge in [0.25, 0.3) is 0 Å². The summed E-state index contributed by atoms with van der Waals surface area (Å²) in [4.78, 5) is 12.0. The molecule has 2 aromatic carbocycles. The lowest BCUT2D eigenvalue weighted by Gasteiger charge is -2.33. The van der Waals surface area contributed by atoms with Gasteiger partial charge in [-0.1, -0.05) is 18.2 Å². The van der Waals surface area contributed by atoms with Crippen molar-refractivity contribution in [3.05, 3.63) is 48.0 Å². The van der Waals surface area contributed by atoms with Crippen LogP contribution in [0.15, 0.2) is 42.5 Å². The number of phenolic OH excluding ortho intramolecular Hbond substituents is 1.